The summed E-state index contributed by atoms with van der Waals surface area (Å²) in [6, 6.07) is 11.3. The summed E-state index contributed by atoms with van der Waals surface area (Å²) in [4.78, 5) is 31.2. The molecule has 0 aliphatic heterocycles. The van der Waals surface area contributed by atoms with Crippen LogP contribution >= 0.6 is 11.3 Å². The summed E-state index contributed by atoms with van der Waals surface area (Å²) in [5.41, 5.74) is 0.107. The van der Waals surface area contributed by atoms with E-state index in [9.17, 15) is 23.3 Å². The van der Waals surface area contributed by atoms with Crippen LogP contribution in [0.4, 0.5) is 10.8 Å². The quantitative estimate of drug-likeness (QED) is 0.340. The monoisotopic (exact) mass is 458 g/mol. The Balaban J connectivity index is 1.66. The van der Waals surface area contributed by atoms with Crippen molar-refractivity contribution in [1.82, 2.24) is 9.97 Å². The topological polar surface area (TPSA) is 145 Å². The van der Waals surface area contributed by atoms with Gasteiger partial charge in [-0.1, -0.05) is 29.5 Å². The minimum Gasteiger partial charge on any atom is -0.444 e. The molecule has 0 unspecified atom stereocenters. The summed E-state index contributed by atoms with van der Waals surface area (Å²) in [6.07, 6.45) is 2.37. The molecule has 0 amide bonds. The molecule has 2 aromatic carbocycles. The van der Waals surface area contributed by atoms with Gasteiger partial charge in [-0.3, -0.25) is 14.9 Å². The summed E-state index contributed by atoms with van der Waals surface area (Å²) < 4.78 is 29.1. The fraction of sp³-hybridized carbons (Fsp3) is 0.105. The second-order valence-corrected chi connectivity index (χ2v) is 9.55. The van der Waals surface area contributed by atoms with Crippen molar-refractivity contribution in [3.8, 4) is 11.5 Å². The van der Waals surface area contributed by atoms with E-state index in [1.54, 1.807) is 0 Å². The molecule has 0 radical (unpaired) electrons. The van der Waals surface area contributed by atoms with Gasteiger partial charge in [0.1, 0.15) is 11.0 Å². The first-order valence-electron chi connectivity index (χ1n) is 8.79. The molecule has 0 saturated heterocycles. The molecule has 1 N–H and O–H groups in total. The van der Waals surface area contributed by atoms with Crippen LogP contribution in [0.3, 0.4) is 0 Å². The molecule has 0 aliphatic rings. The molecule has 2 heterocycles. The van der Waals surface area contributed by atoms with Crippen molar-refractivity contribution >= 4 is 42.1 Å². The Kier molecular flexibility index (Phi) is 5.25. The second-order valence-electron chi connectivity index (χ2n) is 6.54. The zero-order valence-electron chi connectivity index (χ0n) is 15.9. The summed E-state index contributed by atoms with van der Waals surface area (Å²) in [6.45, 7) is 0.167. The van der Waals surface area contributed by atoms with Gasteiger partial charge in [0.2, 0.25) is 5.89 Å². The number of nitrogens with one attached hydrogen (secondary N) is 1. The van der Waals surface area contributed by atoms with Gasteiger partial charge in [-0.05, 0) is 18.2 Å². The predicted molar refractivity (Wildman–Crippen MR) is 115 cm³/mol. The van der Waals surface area contributed by atoms with Crippen LogP contribution in [0.25, 0.3) is 21.5 Å². The lowest BCUT2D eigenvalue weighted by Gasteiger charge is -2.06. The van der Waals surface area contributed by atoms with Crippen LogP contribution in [0.15, 0.2) is 62.8 Å². The van der Waals surface area contributed by atoms with Gasteiger partial charge in [-0.2, -0.15) is 4.98 Å². The summed E-state index contributed by atoms with van der Waals surface area (Å²) in [7, 11) is -3.74. The van der Waals surface area contributed by atoms with E-state index in [4.69, 9.17) is 4.42 Å². The number of aromatic nitrogens is 2. The molecule has 31 heavy (non-hydrogen) atoms. The van der Waals surface area contributed by atoms with Crippen LogP contribution in [-0.4, -0.2) is 29.6 Å². The Bertz CT molecular complexity index is 1460. The minimum atomic E-state index is -3.74. The first-order chi connectivity index (χ1) is 14.7. The number of fused-ring (bicyclic) bond motifs is 1. The van der Waals surface area contributed by atoms with Crippen molar-refractivity contribution in [3.63, 3.8) is 0 Å². The van der Waals surface area contributed by atoms with E-state index in [0.29, 0.717) is 11.6 Å². The van der Waals surface area contributed by atoms with Crippen LogP contribution in [0.1, 0.15) is 5.69 Å². The molecule has 10 nitrogen and oxygen atoms in total. The highest BCUT2D eigenvalue weighted by Gasteiger charge is 2.22. The number of anilines is 1. The fourth-order valence-electron chi connectivity index (χ4n) is 2.82. The number of hydrogen-bond acceptors (Lipinski definition) is 10. The zero-order chi connectivity index (χ0) is 22.2. The third kappa shape index (κ3) is 4.29. The van der Waals surface area contributed by atoms with Crippen LogP contribution in [-0.2, 0) is 16.4 Å². The average Bonchev–Trinajstić information content (AvgIpc) is 3.20. The molecule has 158 valence electrons. The number of rotatable bonds is 6. The molecule has 0 aliphatic carbocycles. The lowest BCUT2D eigenvalue weighted by molar-refractivity contribution is -0.383. The van der Waals surface area contributed by atoms with E-state index in [-0.39, 0.29) is 26.7 Å². The van der Waals surface area contributed by atoms with Crippen molar-refractivity contribution in [2.75, 3.05) is 11.6 Å². The van der Waals surface area contributed by atoms with E-state index < -0.39 is 26.0 Å². The minimum absolute atomic E-state index is 0.0324. The molecule has 0 bridgehead atoms. The predicted octanol–water partition coefficient (Wildman–Crippen LogP) is 3.24. The SMILES string of the molecule is CS(=O)(=O)c1cc([N+](=O)[O-])c2sc(NCc3coc(-c4ccccc4)n3)nc(=O)c2c1. The van der Waals surface area contributed by atoms with Crippen molar-refractivity contribution in [2.24, 2.45) is 0 Å². The van der Waals surface area contributed by atoms with Gasteiger partial charge in [-0.25, -0.2) is 13.4 Å². The molecule has 12 heteroatoms. The van der Waals surface area contributed by atoms with Gasteiger partial charge < -0.3 is 9.73 Å². The van der Waals surface area contributed by atoms with Gasteiger partial charge in [-0.15, -0.1) is 0 Å². The number of sulfone groups is 1. The number of nitro benzene ring substituents is 1. The van der Waals surface area contributed by atoms with Crippen molar-refractivity contribution in [2.45, 2.75) is 11.4 Å². The number of non-ortho nitro benzene ring substituents is 1. The first-order valence-corrected chi connectivity index (χ1v) is 11.5. The van der Waals surface area contributed by atoms with Gasteiger partial charge in [0.15, 0.2) is 15.0 Å². The summed E-state index contributed by atoms with van der Waals surface area (Å²) >= 11 is 0.881. The maximum Gasteiger partial charge on any atom is 0.288 e. The molecule has 0 fully saturated rings. The third-order valence-electron chi connectivity index (χ3n) is 4.29. The zero-order valence-corrected chi connectivity index (χ0v) is 17.6. The lowest BCUT2D eigenvalue weighted by Crippen LogP contribution is -2.11. The van der Waals surface area contributed by atoms with E-state index in [1.165, 1.54) is 6.26 Å². The number of hydrogen-bond donors (Lipinski definition) is 1. The second kappa shape index (κ2) is 7.89. The molecule has 4 aromatic rings. The smallest absolute Gasteiger partial charge is 0.288 e. The highest BCUT2D eigenvalue weighted by atomic mass is 32.2. The third-order valence-corrected chi connectivity index (χ3v) is 6.45. The summed E-state index contributed by atoms with van der Waals surface area (Å²) in [5, 5.41) is 14.4. The van der Waals surface area contributed by atoms with Crippen molar-refractivity contribution in [3.05, 3.63) is 74.9 Å². The number of oxazole rings is 1. The molecular weight excluding hydrogens is 444 g/mol. The maximum absolute atomic E-state index is 12.5. The van der Waals surface area contributed by atoms with Gasteiger partial charge in [0, 0.05) is 17.9 Å². The molecular formula is C19H14N4O6S2. The van der Waals surface area contributed by atoms with Crippen molar-refractivity contribution in [1.29, 1.82) is 0 Å². The number of nitrogens with zero attached hydrogens (tertiary/aromatic N) is 3. The van der Waals surface area contributed by atoms with E-state index in [2.05, 4.69) is 15.3 Å². The van der Waals surface area contributed by atoms with E-state index in [0.717, 1.165) is 35.3 Å². The Morgan fingerprint density at radius 3 is 2.61 bits per heavy atom. The van der Waals surface area contributed by atoms with Crippen LogP contribution < -0.4 is 10.9 Å². The largest absolute Gasteiger partial charge is 0.444 e. The van der Waals surface area contributed by atoms with Gasteiger partial charge >= 0.3 is 0 Å². The number of benzene rings is 2. The van der Waals surface area contributed by atoms with Crippen LogP contribution in [0, 0.1) is 10.1 Å². The first kappa shape index (κ1) is 20.6. The Morgan fingerprint density at radius 2 is 1.94 bits per heavy atom. The Morgan fingerprint density at radius 1 is 1.19 bits per heavy atom. The molecule has 0 spiro atoms. The Labute approximate surface area is 179 Å². The highest BCUT2D eigenvalue weighted by Crippen LogP contribution is 2.33. The lowest BCUT2D eigenvalue weighted by atomic mass is 10.2. The van der Waals surface area contributed by atoms with E-state index in [1.807, 2.05) is 30.3 Å². The normalized spacial score (nSPS) is 11.5. The average molecular weight is 458 g/mol. The standard InChI is InChI=1S/C19H14N4O6S2/c1-31(27,28)13-7-14-16(15(8-13)23(25)26)30-19(22-17(14)24)20-9-12-10-29-18(21-12)11-5-3-2-4-6-11/h2-8,10H,9H2,1H3,(H,20,22,24). The summed E-state index contributed by atoms with van der Waals surface area (Å²) in [5.74, 6) is 0.431. The Hall–Kier alpha value is -3.64. The fourth-order valence-corrected chi connectivity index (χ4v) is 4.44. The van der Waals surface area contributed by atoms with Crippen LogP contribution in [0.2, 0.25) is 0 Å². The number of nitro groups is 1. The highest BCUT2D eigenvalue weighted by molar-refractivity contribution is 7.90. The maximum atomic E-state index is 12.5. The molecule has 0 atom stereocenters. The molecule has 0 saturated carbocycles. The molecule has 2 aromatic heterocycles. The molecule has 4 rings (SSSR count). The van der Waals surface area contributed by atoms with Crippen molar-refractivity contribution < 1.29 is 17.8 Å². The van der Waals surface area contributed by atoms with Gasteiger partial charge in [0.05, 0.1) is 27.4 Å². The van der Waals surface area contributed by atoms with Gasteiger partial charge in [0.25, 0.3) is 11.2 Å². The van der Waals surface area contributed by atoms with E-state index >= 15 is 0 Å². The van der Waals surface area contributed by atoms with Crippen LogP contribution in [0.5, 0.6) is 0 Å².